The predicted octanol–water partition coefficient (Wildman–Crippen LogP) is 2.25. The fourth-order valence-corrected chi connectivity index (χ4v) is 1.93. The molecule has 1 aromatic carbocycles. The number of hydrogen-bond acceptors (Lipinski definition) is 4. The minimum Gasteiger partial charge on any atom is -0.475 e. The number of nitro benzene ring substituents is 1. The quantitative estimate of drug-likeness (QED) is 0.576. The molecule has 1 aromatic rings. The van der Waals surface area contributed by atoms with Crippen LogP contribution in [0.1, 0.15) is 26.3 Å². The zero-order valence-corrected chi connectivity index (χ0v) is 11.4. The largest absolute Gasteiger partial charge is 0.475 e. The van der Waals surface area contributed by atoms with E-state index in [0.717, 1.165) is 5.56 Å². The predicted molar refractivity (Wildman–Crippen MR) is 70.7 cm³/mol. The molecule has 2 rings (SSSR count). The molecular formula is C13H16N2O4. The van der Waals surface area contributed by atoms with Gasteiger partial charge in [-0.2, -0.15) is 0 Å². The molecule has 0 saturated heterocycles. The van der Waals surface area contributed by atoms with Gasteiger partial charge in [0, 0.05) is 13.1 Å². The van der Waals surface area contributed by atoms with Gasteiger partial charge < -0.3 is 9.64 Å². The Balaban J connectivity index is 2.70. The summed E-state index contributed by atoms with van der Waals surface area (Å²) >= 11 is 0. The minimum absolute atomic E-state index is 0.0956. The van der Waals surface area contributed by atoms with Gasteiger partial charge >= 0.3 is 5.69 Å². The van der Waals surface area contributed by atoms with E-state index in [1.807, 2.05) is 20.8 Å². The number of amides is 1. The van der Waals surface area contributed by atoms with Crippen LogP contribution >= 0.6 is 0 Å². The van der Waals surface area contributed by atoms with E-state index < -0.39 is 4.92 Å². The molecule has 19 heavy (non-hydrogen) atoms. The van der Waals surface area contributed by atoms with E-state index >= 15 is 0 Å². The van der Waals surface area contributed by atoms with Crippen molar-refractivity contribution in [1.82, 2.24) is 0 Å². The number of fused-ring (bicyclic) bond motifs is 1. The molecule has 1 heterocycles. The molecule has 0 unspecified atom stereocenters. The van der Waals surface area contributed by atoms with E-state index in [9.17, 15) is 14.9 Å². The van der Waals surface area contributed by atoms with Gasteiger partial charge in [0.2, 0.25) is 5.75 Å². The van der Waals surface area contributed by atoms with E-state index in [1.54, 1.807) is 13.1 Å². The highest BCUT2D eigenvalue weighted by Crippen LogP contribution is 2.43. The van der Waals surface area contributed by atoms with Gasteiger partial charge in [0.1, 0.15) is 0 Å². The maximum atomic E-state index is 11.6. The van der Waals surface area contributed by atoms with Crippen molar-refractivity contribution < 1.29 is 14.5 Å². The summed E-state index contributed by atoms with van der Waals surface area (Å²) in [5.74, 6) is -0.0482. The molecule has 0 saturated carbocycles. The lowest BCUT2D eigenvalue weighted by Gasteiger charge is -2.28. The fourth-order valence-electron chi connectivity index (χ4n) is 1.93. The molecule has 6 heteroatoms. The molecule has 1 amide bonds. The number of hydrogen-bond donors (Lipinski definition) is 0. The highest BCUT2D eigenvalue weighted by atomic mass is 16.6. The van der Waals surface area contributed by atoms with Crippen LogP contribution in [0.2, 0.25) is 0 Å². The molecule has 0 bridgehead atoms. The fraction of sp³-hybridized carbons (Fsp3) is 0.462. The van der Waals surface area contributed by atoms with E-state index in [1.165, 1.54) is 11.0 Å². The SMILES string of the molecule is CN1C(=O)COc2c1cc(C(C)(C)C)cc2[N+](=O)[O-]. The smallest absolute Gasteiger partial charge is 0.313 e. The van der Waals surface area contributed by atoms with Crippen molar-refractivity contribution in [2.75, 3.05) is 18.6 Å². The molecule has 0 spiro atoms. The van der Waals surface area contributed by atoms with E-state index in [4.69, 9.17) is 4.74 Å². The zero-order chi connectivity index (χ0) is 14.4. The summed E-state index contributed by atoms with van der Waals surface area (Å²) in [6, 6.07) is 3.29. The van der Waals surface area contributed by atoms with Crippen molar-refractivity contribution in [2.24, 2.45) is 0 Å². The Labute approximate surface area is 111 Å². The van der Waals surface area contributed by atoms with Gasteiger partial charge in [-0.25, -0.2) is 0 Å². The molecule has 0 aromatic heterocycles. The Kier molecular flexibility index (Phi) is 2.96. The standard InChI is InChI=1S/C13H16N2O4/c1-13(2,3)8-5-9-12(10(6-8)15(17)18)19-7-11(16)14(9)4/h5-6H,7H2,1-4H3. The van der Waals surface area contributed by atoms with Crippen LogP contribution in [0.3, 0.4) is 0 Å². The Morgan fingerprint density at radius 2 is 2.00 bits per heavy atom. The number of ether oxygens (including phenoxy) is 1. The van der Waals surface area contributed by atoms with Crippen LogP contribution in [0.4, 0.5) is 11.4 Å². The lowest BCUT2D eigenvalue weighted by molar-refractivity contribution is -0.385. The third-order valence-electron chi connectivity index (χ3n) is 3.19. The van der Waals surface area contributed by atoms with Crippen LogP contribution in [0.25, 0.3) is 0 Å². The van der Waals surface area contributed by atoms with Crippen LogP contribution in [0.5, 0.6) is 5.75 Å². The summed E-state index contributed by atoms with van der Waals surface area (Å²) in [5.41, 5.74) is 0.904. The number of nitro groups is 1. The van der Waals surface area contributed by atoms with Crippen LogP contribution in [-0.4, -0.2) is 24.5 Å². The molecule has 0 atom stereocenters. The maximum Gasteiger partial charge on any atom is 0.313 e. The summed E-state index contributed by atoms with van der Waals surface area (Å²) < 4.78 is 5.23. The van der Waals surface area contributed by atoms with Gasteiger partial charge in [-0.05, 0) is 17.0 Å². The highest BCUT2D eigenvalue weighted by molar-refractivity contribution is 5.98. The highest BCUT2D eigenvalue weighted by Gasteiger charge is 2.32. The number of nitrogens with zero attached hydrogens (tertiary/aromatic N) is 2. The zero-order valence-electron chi connectivity index (χ0n) is 11.4. The number of carbonyl (C=O) groups is 1. The molecule has 0 fully saturated rings. The first-order valence-electron chi connectivity index (χ1n) is 5.94. The van der Waals surface area contributed by atoms with E-state index in [-0.39, 0.29) is 29.4 Å². The molecule has 1 aliphatic heterocycles. The summed E-state index contributed by atoms with van der Waals surface area (Å²) in [7, 11) is 1.60. The average Bonchev–Trinajstić information content (AvgIpc) is 2.31. The van der Waals surface area contributed by atoms with Crippen molar-refractivity contribution in [1.29, 1.82) is 0 Å². The van der Waals surface area contributed by atoms with Gasteiger partial charge in [0.25, 0.3) is 5.91 Å². The second kappa shape index (κ2) is 4.22. The minimum atomic E-state index is -0.474. The van der Waals surface area contributed by atoms with Crippen LogP contribution in [0, 0.1) is 10.1 Å². The molecule has 0 radical (unpaired) electrons. The third kappa shape index (κ3) is 2.25. The van der Waals surface area contributed by atoms with Crippen molar-refractivity contribution in [3.8, 4) is 5.75 Å². The average molecular weight is 264 g/mol. The Morgan fingerprint density at radius 3 is 2.53 bits per heavy atom. The van der Waals surface area contributed by atoms with Crippen molar-refractivity contribution in [3.05, 3.63) is 27.8 Å². The van der Waals surface area contributed by atoms with Gasteiger partial charge in [0.15, 0.2) is 6.61 Å². The summed E-state index contributed by atoms with van der Waals surface area (Å²) in [6.45, 7) is 5.72. The first kappa shape index (κ1) is 13.3. The lowest BCUT2D eigenvalue weighted by atomic mass is 9.86. The molecule has 102 valence electrons. The van der Waals surface area contributed by atoms with E-state index in [0.29, 0.717) is 5.69 Å². The number of carbonyl (C=O) groups excluding carboxylic acids is 1. The molecule has 0 N–H and O–H groups in total. The van der Waals surface area contributed by atoms with Crippen molar-refractivity contribution >= 4 is 17.3 Å². The van der Waals surface area contributed by atoms with Gasteiger partial charge in [-0.3, -0.25) is 14.9 Å². The van der Waals surface area contributed by atoms with Crippen LogP contribution in [0.15, 0.2) is 12.1 Å². The molecule has 1 aliphatic rings. The van der Waals surface area contributed by atoms with Gasteiger partial charge in [0.05, 0.1) is 10.6 Å². The van der Waals surface area contributed by atoms with Crippen LogP contribution in [-0.2, 0) is 10.2 Å². The second-order valence-corrected chi connectivity index (χ2v) is 5.59. The first-order chi connectivity index (χ1) is 8.71. The Morgan fingerprint density at radius 1 is 1.37 bits per heavy atom. The number of anilines is 1. The first-order valence-corrected chi connectivity index (χ1v) is 5.94. The van der Waals surface area contributed by atoms with Gasteiger partial charge in [-0.15, -0.1) is 0 Å². The normalized spacial score (nSPS) is 14.9. The third-order valence-corrected chi connectivity index (χ3v) is 3.19. The number of rotatable bonds is 1. The second-order valence-electron chi connectivity index (χ2n) is 5.59. The molecule has 6 nitrogen and oxygen atoms in total. The lowest BCUT2D eigenvalue weighted by Crippen LogP contribution is -2.36. The Hall–Kier alpha value is -2.11. The van der Waals surface area contributed by atoms with Gasteiger partial charge in [-0.1, -0.05) is 20.8 Å². The topological polar surface area (TPSA) is 72.7 Å². The number of likely N-dealkylation sites (N-methyl/N-ethyl adjacent to an activating group) is 1. The number of benzene rings is 1. The van der Waals surface area contributed by atoms with Crippen LogP contribution < -0.4 is 9.64 Å². The van der Waals surface area contributed by atoms with Crippen molar-refractivity contribution in [3.63, 3.8) is 0 Å². The molecular weight excluding hydrogens is 248 g/mol. The molecule has 0 aliphatic carbocycles. The van der Waals surface area contributed by atoms with Crippen molar-refractivity contribution in [2.45, 2.75) is 26.2 Å². The summed E-state index contributed by atoms with van der Waals surface area (Å²) in [4.78, 5) is 23.7. The van der Waals surface area contributed by atoms with E-state index in [2.05, 4.69) is 0 Å². The summed E-state index contributed by atoms with van der Waals surface area (Å²) in [5, 5.41) is 11.2. The maximum absolute atomic E-state index is 11.6. The monoisotopic (exact) mass is 264 g/mol. The summed E-state index contributed by atoms with van der Waals surface area (Å²) in [6.07, 6.45) is 0. The Bertz CT molecular complexity index is 560.